The Hall–Kier alpha value is -0.590. The Morgan fingerprint density at radius 2 is 2.00 bits per heavy atom. The highest BCUT2D eigenvalue weighted by atomic mass is 16.3. The van der Waals surface area contributed by atoms with E-state index in [4.69, 9.17) is 5.26 Å². The van der Waals surface area contributed by atoms with Gasteiger partial charge in [-0.25, -0.2) is 0 Å². The van der Waals surface area contributed by atoms with Crippen LogP contribution in [0.2, 0.25) is 0 Å². The minimum atomic E-state index is -0.467. The number of aliphatic hydroxyl groups is 1. The van der Waals surface area contributed by atoms with Crippen LogP contribution in [0.5, 0.6) is 0 Å². The van der Waals surface area contributed by atoms with Gasteiger partial charge in [-0.3, -0.25) is 0 Å². The van der Waals surface area contributed by atoms with Crippen molar-refractivity contribution in [3.63, 3.8) is 0 Å². The molecule has 1 fully saturated rings. The van der Waals surface area contributed by atoms with Crippen LogP contribution in [-0.2, 0) is 0 Å². The second-order valence-electron chi connectivity index (χ2n) is 4.22. The highest BCUT2D eigenvalue weighted by molar-refractivity contribution is 4.84. The second kappa shape index (κ2) is 6.00. The van der Waals surface area contributed by atoms with Crippen molar-refractivity contribution in [1.29, 1.82) is 5.26 Å². The summed E-state index contributed by atoms with van der Waals surface area (Å²) >= 11 is 0. The number of nitrogens with one attached hydrogen (secondary N) is 1. The Bertz CT molecular complexity index is 192. The van der Waals surface area contributed by atoms with E-state index in [-0.39, 0.29) is 0 Å². The molecule has 3 nitrogen and oxygen atoms in total. The minimum Gasteiger partial charge on any atom is -0.389 e. The first-order chi connectivity index (χ1) is 6.77. The topological polar surface area (TPSA) is 56.0 Å². The Morgan fingerprint density at radius 1 is 1.29 bits per heavy atom. The minimum absolute atomic E-state index is 0.467. The van der Waals surface area contributed by atoms with Crippen LogP contribution in [0.15, 0.2) is 0 Å². The van der Waals surface area contributed by atoms with Crippen LogP contribution >= 0.6 is 0 Å². The predicted molar refractivity (Wildman–Crippen MR) is 55.8 cm³/mol. The fraction of sp³-hybridized carbons (Fsp3) is 0.909. The lowest BCUT2D eigenvalue weighted by Gasteiger charge is -2.32. The van der Waals surface area contributed by atoms with E-state index in [1.807, 2.05) is 0 Å². The third-order valence-electron chi connectivity index (χ3n) is 2.88. The van der Waals surface area contributed by atoms with E-state index in [1.54, 1.807) is 0 Å². The third-order valence-corrected chi connectivity index (χ3v) is 2.88. The molecular formula is C11H20N2O. The van der Waals surface area contributed by atoms with Crippen molar-refractivity contribution < 1.29 is 5.11 Å². The van der Waals surface area contributed by atoms with Gasteiger partial charge in [-0.2, -0.15) is 5.26 Å². The lowest BCUT2D eigenvalue weighted by Crippen LogP contribution is -2.42. The molecule has 0 heterocycles. The average Bonchev–Trinajstić information content (AvgIpc) is 2.18. The van der Waals surface area contributed by atoms with Crippen LogP contribution in [0, 0.1) is 11.3 Å². The molecule has 80 valence electrons. The van der Waals surface area contributed by atoms with E-state index in [1.165, 1.54) is 6.42 Å². The molecule has 1 saturated carbocycles. The molecule has 3 heteroatoms. The summed E-state index contributed by atoms with van der Waals surface area (Å²) in [5, 5.41) is 21.7. The average molecular weight is 196 g/mol. The van der Waals surface area contributed by atoms with E-state index in [0.29, 0.717) is 13.0 Å². The van der Waals surface area contributed by atoms with Gasteiger partial charge >= 0.3 is 0 Å². The summed E-state index contributed by atoms with van der Waals surface area (Å²) in [6, 6.07) is 2.11. The molecular weight excluding hydrogens is 176 g/mol. The first-order valence-corrected chi connectivity index (χ1v) is 5.57. The van der Waals surface area contributed by atoms with E-state index < -0.39 is 5.60 Å². The molecule has 0 unspecified atom stereocenters. The van der Waals surface area contributed by atoms with Gasteiger partial charge in [0.15, 0.2) is 0 Å². The number of nitriles is 1. The number of unbranched alkanes of at least 4 members (excludes halogenated alkanes) is 1. The van der Waals surface area contributed by atoms with Crippen molar-refractivity contribution >= 4 is 0 Å². The number of hydrogen-bond donors (Lipinski definition) is 2. The van der Waals surface area contributed by atoms with E-state index in [0.717, 1.165) is 38.6 Å². The molecule has 0 aromatic heterocycles. The molecule has 1 rings (SSSR count). The zero-order valence-electron chi connectivity index (χ0n) is 8.76. The Kier molecular flexibility index (Phi) is 4.92. The maximum Gasteiger partial charge on any atom is 0.0771 e. The van der Waals surface area contributed by atoms with Crippen LogP contribution in [0.3, 0.4) is 0 Å². The summed E-state index contributed by atoms with van der Waals surface area (Å²) in [6.45, 7) is 1.54. The molecule has 2 N–H and O–H groups in total. The molecule has 1 aliphatic rings. The maximum atomic E-state index is 10.1. The van der Waals surface area contributed by atoms with Crippen molar-refractivity contribution in [1.82, 2.24) is 5.32 Å². The van der Waals surface area contributed by atoms with Crippen molar-refractivity contribution in [2.45, 2.75) is 50.5 Å². The SMILES string of the molecule is N#CCCCNCC1(O)CCCCC1. The summed E-state index contributed by atoms with van der Waals surface area (Å²) in [6.07, 6.45) is 6.90. The zero-order valence-corrected chi connectivity index (χ0v) is 8.76. The summed E-state index contributed by atoms with van der Waals surface area (Å²) in [4.78, 5) is 0. The molecule has 14 heavy (non-hydrogen) atoms. The Labute approximate surface area is 86.1 Å². The lowest BCUT2D eigenvalue weighted by molar-refractivity contribution is 0.00509. The Balaban J connectivity index is 2.07. The smallest absolute Gasteiger partial charge is 0.0771 e. The highest BCUT2D eigenvalue weighted by Crippen LogP contribution is 2.27. The normalized spacial score (nSPS) is 20.3. The Morgan fingerprint density at radius 3 is 2.64 bits per heavy atom. The molecule has 0 aromatic carbocycles. The lowest BCUT2D eigenvalue weighted by atomic mass is 9.85. The van der Waals surface area contributed by atoms with Crippen LogP contribution in [0.4, 0.5) is 0 Å². The molecule has 0 bridgehead atoms. The van der Waals surface area contributed by atoms with Crippen LogP contribution in [0.25, 0.3) is 0 Å². The molecule has 0 radical (unpaired) electrons. The molecule has 0 amide bonds. The maximum absolute atomic E-state index is 10.1. The van der Waals surface area contributed by atoms with Crippen LogP contribution in [-0.4, -0.2) is 23.8 Å². The van der Waals surface area contributed by atoms with Gasteiger partial charge in [-0.05, 0) is 25.8 Å². The predicted octanol–water partition coefficient (Wildman–Crippen LogP) is 1.57. The molecule has 1 aliphatic carbocycles. The van der Waals surface area contributed by atoms with Gasteiger partial charge in [-0.1, -0.05) is 19.3 Å². The number of hydrogen-bond acceptors (Lipinski definition) is 3. The van der Waals surface area contributed by atoms with Crippen molar-refractivity contribution in [2.24, 2.45) is 0 Å². The van der Waals surface area contributed by atoms with E-state index in [9.17, 15) is 5.11 Å². The van der Waals surface area contributed by atoms with Gasteiger partial charge in [0.1, 0.15) is 0 Å². The van der Waals surface area contributed by atoms with E-state index in [2.05, 4.69) is 11.4 Å². The monoisotopic (exact) mass is 196 g/mol. The van der Waals surface area contributed by atoms with Gasteiger partial charge in [-0.15, -0.1) is 0 Å². The van der Waals surface area contributed by atoms with Crippen LogP contribution < -0.4 is 5.32 Å². The van der Waals surface area contributed by atoms with Gasteiger partial charge in [0, 0.05) is 13.0 Å². The standard InChI is InChI=1S/C11H20N2O/c12-8-4-5-9-13-10-11(14)6-2-1-3-7-11/h13-14H,1-7,9-10H2. The summed E-state index contributed by atoms with van der Waals surface area (Å²) in [5.74, 6) is 0. The van der Waals surface area contributed by atoms with Crippen molar-refractivity contribution in [3.05, 3.63) is 0 Å². The third kappa shape index (κ3) is 4.08. The van der Waals surface area contributed by atoms with Gasteiger partial charge in [0.05, 0.1) is 11.7 Å². The summed E-state index contributed by atoms with van der Waals surface area (Å²) in [5.41, 5.74) is -0.467. The summed E-state index contributed by atoms with van der Waals surface area (Å²) in [7, 11) is 0. The fourth-order valence-electron chi connectivity index (χ4n) is 2.00. The van der Waals surface area contributed by atoms with Gasteiger partial charge in [0.25, 0.3) is 0 Å². The molecule has 0 spiro atoms. The highest BCUT2D eigenvalue weighted by Gasteiger charge is 2.28. The zero-order chi connectivity index (χ0) is 10.3. The summed E-state index contributed by atoms with van der Waals surface area (Å²) < 4.78 is 0. The fourth-order valence-corrected chi connectivity index (χ4v) is 2.00. The quantitative estimate of drug-likeness (QED) is 0.656. The first-order valence-electron chi connectivity index (χ1n) is 5.57. The molecule has 0 aliphatic heterocycles. The first kappa shape index (κ1) is 11.5. The number of nitrogens with zero attached hydrogens (tertiary/aromatic N) is 1. The number of rotatable bonds is 5. The van der Waals surface area contributed by atoms with Gasteiger partial charge in [0.2, 0.25) is 0 Å². The van der Waals surface area contributed by atoms with E-state index >= 15 is 0 Å². The largest absolute Gasteiger partial charge is 0.389 e. The van der Waals surface area contributed by atoms with Crippen molar-refractivity contribution in [3.8, 4) is 6.07 Å². The molecule has 0 atom stereocenters. The van der Waals surface area contributed by atoms with Gasteiger partial charge < -0.3 is 10.4 Å². The van der Waals surface area contributed by atoms with Crippen molar-refractivity contribution in [2.75, 3.05) is 13.1 Å². The van der Waals surface area contributed by atoms with Crippen LogP contribution in [0.1, 0.15) is 44.9 Å². The second-order valence-corrected chi connectivity index (χ2v) is 4.22. The molecule has 0 aromatic rings. The molecule has 0 saturated heterocycles.